The molecule has 0 saturated heterocycles. The molecule has 0 spiro atoms. The highest BCUT2D eigenvalue weighted by molar-refractivity contribution is 4.88. The molecule has 0 aliphatic carbocycles. The number of allylic oxidation sites excluding steroid dienone is 3. The van der Waals surface area contributed by atoms with Crippen LogP contribution in [0.25, 0.3) is 0 Å². The topological polar surface area (TPSA) is 0 Å². The summed E-state index contributed by atoms with van der Waals surface area (Å²) < 4.78 is 0. The van der Waals surface area contributed by atoms with Gasteiger partial charge in [0.15, 0.2) is 0 Å². The zero-order valence-electron chi connectivity index (χ0n) is 7.28. The first-order valence-electron chi connectivity index (χ1n) is 3.22. The van der Waals surface area contributed by atoms with Crippen molar-refractivity contribution in [1.82, 2.24) is 0 Å². The Kier molecular flexibility index (Phi) is 9.39. The van der Waals surface area contributed by atoms with Crippen molar-refractivity contribution in [2.45, 2.75) is 34.6 Å². The molecule has 0 aliphatic rings. The zero-order valence-corrected chi connectivity index (χ0v) is 7.28. The molecule has 0 bridgehead atoms. The molecule has 0 nitrogen and oxygen atoms in total. The minimum absolute atomic E-state index is 1.17. The van der Waals surface area contributed by atoms with Gasteiger partial charge in [0.05, 0.1) is 0 Å². The first-order valence-corrected chi connectivity index (χ1v) is 3.22. The molecule has 54 valence electrons. The lowest BCUT2D eigenvalue weighted by molar-refractivity contribution is 1.36. The van der Waals surface area contributed by atoms with Gasteiger partial charge in [0.1, 0.15) is 0 Å². The van der Waals surface area contributed by atoms with Gasteiger partial charge in [0.25, 0.3) is 0 Å². The standard InChI is InChI=1S/C5H10.C4H8/c1-4-5(2)3;1-4(2)3/h4H,1-3H3;1H2,2-3H3. The van der Waals surface area contributed by atoms with Crippen LogP contribution in [-0.4, -0.2) is 0 Å². The molecule has 0 aromatic rings. The van der Waals surface area contributed by atoms with Crippen molar-refractivity contribution in [2.24, 2.45) is 0 Å². The molecule has 0 rings (SSSR count). The molecule has 0 aliphatic heterocycles. The predicted octanol–water partition coefficient (Wildman–Crippen LogP) is 3.55. The largest absolute Gasteiger partial charge is 0.100 e. The van der Waals surface area contributed by atoms with Crippen LogP contribution in [0.2, 0.25) is 0 Å². The van der Waals surface area contributed by atoms with E-state index in [0.29, 0.717) is 0 Å². The number of hydrogen-bond acceptors (Lipinski definition) is 0. The van der Waals surface area contributed by atoms with Crippen LogP contribution in [0.3, 0.4) is 0 Å². The molecular weight excluding hydrogens is 108 g/mol. The van der Waals surface area contributed by atoms with Gasteiger partial charge >= 0.3 is 0 Å². The van der Waals surface area contributed by atoms with Crippen molar-refractivity contribution in [3.63, 3.8) is 0 Å². The van der Waals surface area contributed by atoms with Crippen LogP contribution in [0, 0.1) is 0 Å². The van der Waals surface area contributed by atoms with E-state index in [2.05, 4.69) is 26.5 Å². The van der Waals surface area contributed by atoms with Gasteiger partial charge in [0.2, 0.25) is 0 Å². The van der Waals surface area contributed by atoms with E-state index in [1.165, 1.54) is 11.1 Å². The summed E-state index contributed by atoms with van der Waals surface area (Å²) in [4.78, 5) is 0. The van der Waals surface area contributed by atoms with Crippen molar-refractivity contribution in [1.29, 1.82) is 0 Å². The van der Waals surface area contributed by atoms with Crippen LogP contribution in [0.4, 0.5) is 0 Å². The van der Waals surface area contributed by atoms with E-state index in [1.807, 2.05) is 20.8 Å². The smallest absolute Gasteiger partial charge is 0.0442 e. The van der Waals surface area contributed by atoms with Gasteiger partial charge in [-0.3, -0.25) is 0 Å². The second-order valence-electron chi connectivity index (χ2n) is 2.57. The fourth-order valence-electron chi connectivity index (χ4n) is 0. The second-order valence-corrected chi connectivity index (χ2v) is 2.57. The van der Waals surface area contributed by atoms with Crippen LogP contribution in [-0.2, 0) is 0 Å². The maximum absolute atomic E-state index is 3.56. The lowest BCUT2D eigenvalue weighted by Gasteiger charge is -1.74. The molecular formula is C9H18. The molecule has 0 radical (unpaired) electrons. The summed E-state index contributed by atoms with van der Waals surface area (Å²) in [7, 11) is 0. The van der Waals surface area contributed by atoms with Gasteiger partial charge in [-0.15, -0.1) is 6.58 Å². The molecule has 0 aromatic heterocycles. The summed E-state index contributed by atoms with van der Waals surface area (Å²) in [6.45, 7) is 13.7. The molecule has 9 heavy (non-hydrogen) atoms. The molecule has 0 aromatic carbocycles. The Morgan fingerprint density at radius 3 is 1.22 bits per heavy atom. The average Bonchev–Trinajstić information content (AvgIpc) is 1.65. The van der Waals surface area contributed by atoms with Crippen molar-refractivity contribution in [2.75, 3.05) is 0 Å². The third kappa shape index (κ3) is 103. The van der Waals surface area contributed by atoms with E-state index in [-0.39, 0.29) is 0 Å². The van der Waals surface area contributed by atoms with Crippen molar-refractivity contribution >= 4 is 0 Å². The summed E-state index contributed by atoms with van der Waals surface area (Å²) in [5.41, 5.74) is 2.55. The lowest BCUT2D eigenvalue weighted by atomic mass is 10.3. The third-order valence-electron chi connectivity index (χ3n) is 0.577. The quantitative estimate of drug-likeness (QED) is 0.435. The highest BCUT2D eigenvalue weighted by atomic mass is 13.7. The second kappa shape index (κ2) is 7.48. The summed E-state index contributed by atoms with van der Waals surface area (Å²) in [6, 6.07) is 0. The number of rotatable bonds is 0. The maximum atomic E-state index is 3.56. The van der Waals surface area contributed by atoms with E-state index in [1.54, 1.807) is 0 Å². The van der Waals surface area contributed by atoms with Crippen molar-refractivity contribution in [3.05, 3.63) is 23.8 Å². The summed E-state index contributed by atoms with van der Waals surface area (Å²) in [6.07, 6.45) is 2.08. The Balaban J connectivity index is 0. The summed E-state index contributed by atoms with van der Waals surface area (Å²) in [5, 5.41) is 0. The SMILES string of the molecule is C=C(C)C.CC=C(C)C. The first kappa shape index (κ1) is 11.3. The van der Waals surface area contributed by atoms with Crippen molar-refractivity contribution < 1.29 is 0 Å². The van der Waals surface area contributed by atoms with Gasteiger partial charge in [-0.25, -0.2) is 0 Å². The van der Waals surface area contributed by atoms with Crippen LogP contribution in [0.5, 0.6) is 0 Å². The van der Waals surface area contributed by atoms with E-state index < -0.39 is 0 Å². The molecule has 0 heterocycles. The Bertz CT molecular complexity index is 88.6. The highest BCUT2D eigenvalue weighted by Gasteiger charge is 1.60. The van der Waals surface area contributed by atoms with Crippen molar-refractivity contribution in [3.8, 4) is 0 Å². The summed E-state index contributed by atoms with van der Waals surface area (Å²) in [5.74, 6) is 0. The van der Waals surface area contributed by atoms with Gasteiger partial charge in [-0.2, -0.15) is 0 Å². The van der Waals surface area contributed by atoms with E-state index >= 15 is 0 Å². The van der Waals surface area contributed by atoms with E-state index in [4.69, 9.17) is 0 Å². The molecule has 0 amide bonds. The van der Waals surface area contributed by atoms with E-state index in [0.717, 1.165) is 0 Å². The Labute approximate surface area is 59.3 Å². The fraction of sp³-hybridized carbons (Fsp3) is 0.556. The minimum atomic E-state index is 1.17. The zero-order chi connectivity index (χ0) is 7.86. The summed E-state index contributed by atoms with van der Waals surface area (Å²) >= 11 is 0. The molecule has 0 unspecified atom stereocenters. The molecule has 0 fully saturated rings. The van der Waals surface area contributed by atoms with E-state index in [9.17, 15) is 0 Å². The Morgan fingerprint density at radius 2 is 1.22 bits per heavy atom. The predicted molar refractivity (Wildman–Crippen MR) is 45.6 cm³/mol. The van der Waals surface area contributed by atoms with Gasteiger partial charge in [0, 0.05) is 0 Å². The fourth-order valence-corrected chi connectivity index (χ4v) is 0. The lowest BCUT2D eigenvalue weighted by Crippen LogP contribution is -1.52. The molecule has 0 heteroatoms. The van der Waals surface area contributed by atoms with Crippen LogP contribution >= 0.6 is 0 Å². The maximum Gasteiger partial charge on any atom is -0.0442 e. The molecule has 0 saturated carbocycles. The first-order chi connectivity index (χ1) is 4.00. The minimum Gasteiger partial charge on any atom is -0.100 e. The van der Waals surface area contributed by atoms with Gasteiger partial charge in [-0.05, 0) is 34.6 Å². The average molecular weight is 126 g/mol. The third-order valence-corrected chi connectivity index (χ3v) is 0.577. The monoisotopic (exact) mass is 126 g/mol. The molecule has 0 atom stereocenters. The van der Waals surface area contributed by atoms with Crippen LogP contribution < -0.4 is 0 Å². The number of hydrogen-bond donors (Lipinski definition) is 0. The van der Waals surface area contributed by atoms with Gasteiger partial charge in [-0.1, -0.05) is 17.2 Å². The molecule has 0 N–H and O–H groups in total. The highest BCUT2D eigenvalue weighted by Crippen LogP contribution is 1.82. The van der Waals surface area contributed by atoms with Gasteiger partial charge < -0.3 is 0 Å². The Hall–Kier alpha value is -0.520. The normalized spacial score (nSPS) is 6.78. The van der Waals surface area contributed by atoms with Crippen LogP contribution in [0.1, 0.15) is 34.6 Å². The Morgan fingerprint density at radius 1 is 1.11 bits per heavy atom. The van der Waals surface area contributed by atoms with Crippen LogP contribution in [0.15, 0.2) is 23.8 Å².